The summed E-state index contributed by atoms with van der Waals surface area (Å²) in [7, 11) is -0.899. The van der Waals surface area contributed by atoms with Crippen molar-refractivity contribution in [3.63, 3.8) is 0 Å². The zero-order valence-corrected chi connectivity index (χ0v) is 15.9. The number of benzene rings is 2. The Morgan fingerprint density at radius 1 is 1.07 bits per heavy atom. The van der Waals surface area contributed by atoms with Gasteiger partial charge in [0, 0.05) is 6.07 Å². The molecule has 0 fully saturated rings. The first-order valence-corrected chi connectivity index (χ1v) is 9.53. The molecule has 27 heavy (non-hydrogen) atoms. The minimum absolute atomic E-state index is 0.0589. The maximum Gasteiger partial charge on any atom is 0.262 e. The molecule has 1 aromatic heterocycles. The monoisotopic (exact) mass is 389 g/mol. The second-order valence-electron chi connectivity index (χ2n) is 5.69. The van der Waals surface area contributed by atoms with Crippen LogP contribution in [0, 0.1) is 6.92 Å². The van der Waals surface area contributed by atoms with Gasteiger partial charge in [0.25, 0.3) is 10.0 Å². The third kappa shape index (κ3) is 4.20. The molecule has 8 nitrogen and oxygen atoms in total. The van der Waals surface area contributed by atoms with E-state index in [1.807, 2.05) is 6.07 Å². The Morgan fingerprint density at radius 3 is 2.48 bits per heavy atom. The highest BCUT2D eigenvalue weighted by molar-refractivity contribution is 7.92. The zero-order chi connectivity index (χ0) is 19.4. The van der Waals surface area contributed by atoms with Crippen LogP contribution < -0.4 is 14.2 Å². The van der Waals surface area contributed by atoms with Crippen LogP contribution in [0.1, 0.15) is 17.3 Å². The number of sulfonamides is 1. The van der Waals surface area contributed by atoms with Gasteiger partial charge in [-0.05, 0) is 30.7 Å². The second kappa shape index (κ2) is 7.67. The van der Waals surface area contributed by atoms with Crippen molar-refractivity contribution in [1.29, 1.82) is 0 Å². The van der Waals surface area contributed by atoms with Gasteiger partial charge in [0.1, 0.15) is 0 Å². The van der Waals surface area contributed by atoms with E-state index in [2.05, 4.69) is 14.9 Å². The highest BCUT2D eigenvalue weighted by Crippen LogP contribution is 2.30. The fourth-order valence-electron chi connectivity index (χ4n) is 2.54. The molecule has 0 aliphatic heterocycles. The first kappa shape index (κ1) is 18.7. The molecule has 0 saturated heterocycles. The van der Waals surface area contributed by atoms with Crippen molar-refractivity contribution >= 4 is 15.7 Å². The van der Waals surface area contributed by atoms with Gasteiger partial charge in [0.15, 0.2) is 17.3 Å². The molecule has 3 aromatic rings. The van der Waals surface area contributed by atoms with Crippen molar-refractivity contribution in [3.05, 3.63) is 59.7 Å². The van der Waals surface area contributed by atoms with Gasteiger partial charge in [-0.3, -0.25) is 4.72 Å². The van der Waals surface area contributed by atoms with Gasteiger partial charge < -0.3 is 14.0 Å². The number of ether oxygens (including phenoxy) is 2. The van der Waals surface area contributed by atoms with Crippen molar-refractivity contribution in [1.82, 2.24) is 10.1 Å². The number of anilines is 1. The fourth-order valence-corrected chi connectivity index (χ4v) is 3.65. The molecule has 1 heterocycles. The topological polar surface area (TPSA) is 104 Å². The lowest BCUT2D eigenvalue weighted by molar-refractivity contribution is 0.354. The van der Waals surface area contributed by atoms with Gasteiger partial charge >= 0.3 is 0 Å². The quantitative estimate of drug-likeness (QED) is 0.662. The van der Waals surface area contributed by atoms with Crippen LogP contribution >= 0.6 is 0 Å². The summed E-state index contributed by atoms with van der Waals surface area (Å²) in [4.78, 5) is 4.22. The van der Waals surface area contributed by atoms with Gasteiger partial charge in [-0.15, -0.1) is 0 Å². The number of aromatic nitrogens is 2. The molecule has 142 valence electrons. The Bertz CT molecular complexity index is 1050. The number of nitrogens with zero attached hydrogens (tertiary/aromatic N) is 2. The van der Waals surface area contributed by atoms with Gasteiger partial charge in [-0.25, -0.2) is 8.42 Å². The van der Waals surface area contributed by atoms with Crippen molar-refractivity contribution in [3.8, 4) is 11.5 Å². The predicted octanol–water partition coefficient (Wildman–Crippen LogP) is 2.79. The summed E-state index contributed by atoms with van der Waals surface area (Å²) in [5, 5.41) is 3.75. The van der Waals surface area contributed by atoms with Gasteiger partial charge in [-0.1, -0.05) is 23.4 Å². The Kier molecular flexibility index (Phi) is 5.31. The summed E-state index contributed by atoms with van der Waals surface area (Å²) < 4.78 is 43.7. The summed E-state index contributed by atoms with van der Waals surface area (Å²) in [6.07, 6.45) is 0.311. The maximum absolute atomic E-state index is 12.8. The molecule has 9 heteroatoms. The normalized spacial score (nSPS) is 11.2. The molecule has 0 saturated carbocycles. The Balaban J connectivity index is 1.90. The molecule has 1 N–H and O–H groups in total. The summed E-state index contributed by atoms with van der Waals surface area (Å²) in [6, 6.07) is 11.4. The number of rotatable bonds is 7. The molecule has 2 aromatic carbocycles. The third-order valence-electron chi connectivity index (χ3n) is 3.84. The van der Waals surface area contributed by atoms with Gasteiger partial charge in [0.2, 0.25) is 5.89 Å². The fraction of sp³-hybridized carbons (Fsp3) is 0.222. The van der Waals surface area contributed by atoms with E-state index >= 15 is 0 Å². The van der Waals surface area contributed by atoms with E-state index in [-0.39, 0.29) is 4.90 Å². The van der Waals surface area contributed by atoms with Crippen LogP contribution in [-0.2, 0) is 16.4 Å². The van der Waals surface area contributed by atoms with E-state index in [0.29, 0.717) is 40.9 Å². The van der Waals surface area contributed by atoms with Crippen LogP contribution in [0.3, 0.4) is 0 Å². The lowest BCUT2D eigenvalue weighted by atomic mass is 10.1. The van der Waals surface area contributed by atoms with Crippen LogP contribution in [0.4, 0.5) is 5.69 Å². The second-order valence-corrected chi connectivity index (χ2v) is 7.37. The first-order chi connectivity index (χ1) is 12.9. The van der Waals surface area contributed by atoms with Crippen LogP contribution in [0.25, 0.3) is 0 Å². The molecule has 0 aliphatic carbocycles. The van der Waals surface area contributed by atoms with Gasteiger partial charge in [-0.2, -0.15) is 4.98 Å². The minimum atomic E-state index is -3.83. The number of methoxy groups -OCH3 is 2. The molecular formula is C18H19N3O5S. The van der Waals surface area contributed by atoms with Crippen LogP contribution in [0.15, 0.2) is 51.9 Å². The van der Waals surface area contributed by atoms with E-state index in [0.717, 1.165) is 0 Å². The summed E-state index contributed by atoms with van der Waals surface area (Å²) in [5.74, 6) is 1.71. The average molecular weight is 389 g/mol. The van der Waals surface area contributed by atoms with Crippen molar-refractivity contribution in [2.45, 2.75) is 18.2 Å². The van der Waals surface area contributed by atoms with Crippen molar-refractivity contribution in [2.75, 3.05) is 18.9 Å². The number of hydrogen-bond acceptors (Lipinski definition) is 7. The largest absolute Gasteiger partial charge is 0.493 e. The van der Waals surface area contributed by atoms with E-state index < -0.39 is 10.0 Å². The van der Waals surface area contributed by atoms with Crippen LogP contribution in [-0.4, -0.2) is 32.8 Å². The molecule has 0 spiro atoms. The molecule has 0 atom stereocenters. The highest BCUT2D eigenvalue weighted by Gasteiger charge is 2.19. The molecule has 0 aliphatic rings. The minimum Gasteiger partial charge on any atom is -0.493 e. The number of hydrogen-bond donors (Lipinski definition) is 1. The lowest BCUT2D eigenvalue weighted by Crippen LogP contribution is -2.14. The lowest BCUT2D eigenvalue weighted by Gasteiger charge is -2.13. The highest BCUT2D eigenvalue weighted by atomic mass is 32.2. The van der Waals surface area contributed by atoms with Crippen molar-refractivity contribution in [2.24, 2.45) is 0 Å². The molecule has 0 radical (unpaired) electrons. The maximum atomic E-state index is 12.8. The Hall–Kier alpha value is -3.07. The number of nitrogens with one attached hydrogen (secondary N) is 1. The summed E-state index contributed by atoms with van der Waals surface area (Å²) in [6.45, 7) is 1.72. The number of para-hydroxylation sites is 1. The molecule has 0 bridgehead atoms. The van der Waals surface area contributed by atoms with Gasteiger partial charge in [0.05, 0.1) is 31.2 Å². The standard InChI is InChI=1S/C18H19N3O5S/c1-12-19-18(26-20-12)10-13-6-4-5-7-15(13)21-27(22,23)14-8-9-16(24-2)17(11-14)25-3/h4-9,11,21H,10H2,1-3H3. The average Bonchev–Trinajstić information content (AvgIpc) is 3.07. The van der Waals surface area contributed by atoms with Crippen LogP contribution in [0.5, 0.6) is 11.5 Å². The smallest absolute Gasteiger partial charge is 0.262 e. The molecular weight excluding hydrogens is 370 g/mol. The van der Waals surface area contributed by atoms with Crippen LogP contribution in [0.2, 0.25) is 0 Å². The van der Waals surface area contributed by atoms with E-state index in [9.17, 15) is 8.42 Å². The predicted molar refractivity (Wildman–Crippen MR) is 98.6 cm³/mol. The number of aryl methyl sites for hydroxylation is 1. The SMILES string of the molecule is COc1ccc(S(=O)(=O)Nc2ccccc2Cc2nc(C)no2)cc1OC. The van der Waals surface area contributed by atoms with E-state index in [1.165, 1.54) is 26.4 Å². The van der Waals surface area contributed by atoms with E-state index in [4.69, 9.17) is 14.0 Å². The molecule has 0 unspecified atom stereocenters. The Morgan fingerprint density at radius 2 is 1.81 bits per heavy atom. The summed E-state index contributed by atoms with van der Waals surface area (Å²) >= 11 is 0. The Labute approximate surface area is 157 Å². The first-order valence-electron chi connectivity index (χ1n) is 8.05. The summed E-state index contributed by atoms with van der Waals surface area (Å²) in [5.41, 5.74) is 1.15. The van der Waals surface area contributed by atoms with Crippen molar-refractivity contribution < 1.29 is 22.4 Å². The zero-order valence-electron chi connectivity index (χ0n) is 15.1. The third-order valence-corrected chi connectivity index (χ3v) is 5.20. The van der Waals surface area contributed by atoms with E-state index in [1.54, 1.807) is 31.2 Å². The molecule has 3 rings (SSSR count). The molecule has 0 amide bonds.